The molecule has 1 aliphatic heterocycles. The number of hydrogen-bond donors (Lipinski definition) is 0. The highest BCUT2D eigenvalue weighted by Crippen LogP contribution is 2.21. The summed E-state index contributed by atoms with van der Waals surface area (Å²) in [6.45, 7) is 5.67. The molecule has 5 heteroatoms. The molecule has 0 N–H and O–H groups in total. The lowest BCUT2D eigenvalue weighted by atomic mass is 10.1. The van der Waals surface area contributed by atoms with E-state index in [0.717, 1.165) is 43.4 Å². The van der Waals surface area contributed by atoms with Gasteiger partial charge in [0, 0.05) is 37.4 Å². The lowest BCUT2D eigenvalue weighted by Crippen LogP contribution is -2.48. The summed E-state index contributed by atoms with van der Waals surface area (Å²) in [7, 11) is 1.67. The van der Waals surface area contributed by atoms with Gasteiger partial charge in [-0.05, 0) is 55.5 Å². The quantitative estimate of drug-likeness (QED) is 0.839. The summed E-state index contributed by atoms with van der Waals surface area (Å²) in [4.78, 5) is 16.9. The van der Waals surface area contributed by atoms with Gasteiger partial charge >= 0.3 is 0 Å². The van der Waals surface area contributed by atoms with Gasteiger partial charge in [0.2, 0.25) is 0 Å². The van der Waals surface area contributed by atoms with Crippen LogP contribution in [0, 0.1) is 0 Å². The molecule has 0 aromatic heterocycles. The van der Waals surface area contributed by atoms with Crippen LogP contribution in [0.4, 0.5) is 5.69 Å². The van der Waals surface area contributed by atoms with E-state index in [0.29, 0.717) is 12.2 Å². The van der Waals surface area contributed by atoms with Gasteiger partial charge in [-0.3, -0.25) is 4.79 Å². The monoisotopic (exact) mass is 340 g/mol. The van der Waals surface area contributed by atoms with Crippen molar-refractivity contribution < 1.29 is 14.3 Å². The Bertz CT molecular complexity index is 690. The molecule has 5 nitrogen and oxygen atoms in total. The Morgan fingerprint density at radius 2 is 1.52 bits per heavy atom. The summed E-state index contributed by atoms with van der Waals surface area (Å²) in [5.74, 6) is 1.73. The number of piperazine rings is 1. The summed E-state index contributed by atoms with van der Waals surface area (Å²) in [5.41, 5.74) is 1.87. The van der Waals surface area contributed by atoms with Crippen molar-refractivity contribution in [2.24, 2.45) is 0 Å². The summed E-state index contributed by atoms with van der Waals surface area (Å²) in [6.07, 6.45) is 0. The van der Waals surface area contributed by atoms with Crippen LogP contribution in [-0.4, -0.2) is 50.7 Å². The van der Waals surface area contributed by atoms with Crippen LogP contribution in [0.15, 0.2) is 48.5 Å². The molecule has 2 aromatic carbocycles. The van der Waals surface area contributed by atoms with Crippen LogP contribution in [0.3, 0.4) is 0 Å². The molecule has 1 saturated heterocycles. The number of ether oxygens (including phenoxy) is 2. The molecule has 0 aliphatic carbocycles. The number of hydrogen-bond acceptors (Lipinski definition) is 4. The smallest absolute Gasteiger partial charge is 0.253 e. The zero-order chi connectivity index (χ0) is 17.6. The zero-order valence-corrected chi connectivity index (χ0v) is 14.8. The Morgan fingerprint density at radius 1 is 0.920 bits per heavy atom. The Kier molecular flexibility index (Phi) is 5.43. The van der Waals surface area contributed by atoms with Crippen molar-refractivity contribution in [2.45, 2.75) is 6.92 Å². The lowest BCUT2D eigenvalue weighted by molar-refractivity contribution is 0.0747. The molecule has 0 bridgehead atoms. The van der Waals surface area contributed by atoms with Crippen molar-refractivity contribution in [3.63, 3.8) is 0 Å². The molecule has 0 unspecified atom stereocenters. The normalized spacial score (nSPS) is 14.3. The van der Waals surface area contributed by atoms with E-state index < -0.39 is 0 Å². The number of rotatable bonds is 5. The van der Waals surface area contributed by atoms with Gasteiger partial charge in [-0.2, -0.15) is 0 Å². The van der Waals surface area contributed by atoms with E-state index >= 15 is 0 Å². The average Bonchev–Trinajstić information content (AvgIpc) is 2.68. The molecule has 1 aliphatic rings. The van der Waals surface area contributed by atoms with Gasteiger partial charge in [0.05, 0.1) is 13.7 Å². The van der Waals surface area contributed by atoms with Gasteiger partial charge < -0.3 is 19.3 Å². The van der Waals surface area contributed by atoms with Crippen molar-refractivity contribution >= 4 is 11.6 Å². The number of amides is 1. The Labute approximate surface area is 148 Å². The fraction of sp³-hybridized carbons (Fsp3) is 0.350. The van der Waals surface area contributed by atoms with Crippen molar-refractivity contribution in [1.29, 1.82) is 0 Å². The molecule has 132 valence electrons. The van der Waals surface area contributed by atoms with Gasteiger partial charge in [0.1, 0.15) is 11.5 Å². The second kappa shape index (κ2) is 7.92. The Morgan fingerprint density at radius 3 is 2.08 bits per heavy atom. The molecule has 1 amide bonds. The van der Waals surface area contributed by atoms with Crippen LogP contribution in [-0.2, 0) is 0 Å². The fourth-order valence-electron chi connectivity index (χ4n) is 3.00. The van der Waals surface area contributed by atoms with Crippen LogP contribution in [0.2, 0.25) is 0 Å². The molecule has 3 rings (SSSR count). The maximum Gasteiger partial charge on any atom is 0.253 e. The second-order valence-electron chi connectivity index (χ2n) is 5.93. The number of nitrogens with zero attached hydrogens (tertiary/aromatic N) is 2. The molecule has 2 aromatic rings. The van der Waals surface area contributed by atoms with E-state index in [1.807, 2.05) is 48.2 Å². The van der Waals surface area contributed by atoms with Crippen LogP contribution in [0.5, 0.6) is 11.5 Å². The van der Waals surface area contributed by atoms with E-state index in [2.05, 4.69) is 17.0 Å². The predicted molar refractivity (Wildman–Crippen MR) is 98.7 cm³/mol. The summed E-state index contributed by atoms with van der Waals surface area (Å²) < 4.78 is 10.6. The first-order chi connectivity index (χ1) is 12.2. The minimum Gasteiger partial charge on any atom is -0.497 e. The summed E-state index contributed by atoms with van der Waals surface area (Å²) >= 11 is 0. The number of carbonyl (C=O) groups excluding carboxylic acids is 1. The Balaban J connectivity index is 1.58. The number of anilines is 1. The van der Waals surface area contributed by atoms with Crippen LogP contribution >= 0.6 is 0 Å². The number of benzene rings is 2. The van der Waals surface area contributed by atoms with E-state index in [4.69, 9.17) is 9.47 Å². The highest BCUT2D eigenvalue weighted by atomic mass is 16.5. The van der Waals surface area contributed by atoms with E-state index in [9.17, 15) is 4.79 Å². The number of methoxy groups -OCH3 is 1. The average molecular weight is 340 g/mol. The van der Waals surface area contributed by atoms with Crippen LogP contribution in [0.1, 0.15) is 17.3 Å². The largest absolute Gasteiger partial charge is 0.497 e. The van der Waals surface area contributed by atoms with Crippen LogP contribution < -0.4 is 14.4 Å². The Hall–Kier alpha value is -2.69. The highest BCUT2D eigenvalue weighted by molar-refractivity contribution is 5.94. The van der Waals surface area contributed by atoms with Gasteiger partial charge in [-0.25, -0.2) is 0 Å². The first-order valence-corrected chi connectivity index (χ1v) is 8.62. The predicted octanol–water partition coefficient (Wildman–Crippen LogP) is 3.06. The van der Waals surface area contributed by atoms with Gasteiger partial charge in [0.15, 0.2) is 0 Å². The van der Waals surface area contributed by atoms with Crippen LogP contribution in [0.25, 0.3) is 0 Å². The van der Waals surface area contributed by atoms with Gasteiger partial charge in [0.25, 0.3) is 5.91 Å². The topological polar surface area (TPSA) is 42.0 Å². The third-order valence-electron chi connectivity index (χ3n) is 4.42. The van der Waals surface area contributed by atoms with E-state index in [-0.39, 0.29) is 5.91 Å². The van der Waals surface area contributed by atoms with Crippen molar-refractivity contribution in [1.82, 2.24) is 4.90 Å². The molecule has 0 atom stereocenters. The molecule has 0 saturated carbocycles. The van der Waals surface area contributed by atoms with Gasteiger partial charge in [-0.1, -0.05) is 0 Å². The maximum atomic E-state index is 12.6. The summed E-state index contributed by atoms with van der Waals surface area (Å²) in [5, 5.41) is 0. The van der Waals surface area contributed by atoms with Crippen molar-refractivity contribution in [2.75, 3.05) is 44.8 Å². The molecule has 0 spiro atoms. The van der Waals surface area contributed by atoms with E-state index in [1.165, 1.54) is 0 Å². The summed E-state index contributed by atoms with van der Waals surface area (Å²) in [6, 6.07) is 15.4. The first kappa shape index (κ1) is 17.1. The van der Waals surface area contributed by atoms with Crippen molar-refractivity contribution in [3.8, 4) is 11.5 Å². The van der Waals surface area contributed by atoms with Crippen molar-refractivity contribution in [3.05, 3.63) is 54.1 Å². The third-order valence-corrected chi connectivity index (χ3v) is 4.42. The molecule has 1 heterocycles. The van der Waals surface area contributed by atoms with E-state index in [1.54, 1.807) is 7.11 Å². The standard InChI is InChI=1S/C20H24N2O3/c1-3-25-19-8-4-16(5-9-19)20(23)22-14-12-21(13-15-22)17-6-10-18(24-2)11-7-17/h4-11H,3,12-15H2,1-2H3. The minimum absolute atomic E-state index is 0.0810. The highest BCUT2D eigenvalue weighted by Gasteiger charge is 2.22. The third kappa shape index (κ3) is 4.05. The molecular formula is C20H24N2O3. The molecular weight excluding hydrogens is 316 g/mol. The molecule has 0 radical (unpaired) electrons. The zero-order valence-electron chi connectivity index (χ0n) is 14.8. The molecule has 1 fully saturated rings. The second-order valence-corrected chi connectivity index (χ2v) is 5.93. The lowest BCUT2D eigenvalue weighted by Gasteiger charge is -2.36. The maximum absolute atomic E-state index is 12.6. The van der Waals surface area contributed by atoms with Gasteiger partial charge in [-0.15, -0.1) is 0 Å². The fourth-order valence-corrected chi connectivity index (χ4v) is 3.00. The number of carbonyl (C=O) groups is 1. The SMILES string of the molecule is CCOc1ccc(C(=O)N2CCN(c3ccc(OC)cc3)CC2)cc1. The minimum atomic E-state index is 0.0810. The molecule has 25 heavy (non-hydrogen) atoms. The first-order valence-electron chi connectivity index (χ1n) is 8.62.